The Bertz CT molecular complexity index is 1170. The number of nitrogens with two attached hydrogens (primary N) is 2. The Kier molecular flexibility index (Phi) is 7.62. The van der Waals surface area contributed by atoms with Crippen molar-refractivity contribution in [2.75, 3.05) is 0 Å². The summed E-state index contributed by atoms with van der Waals surface area (Å²) in [5.41, 5.74) is 13.2. The third-order valence-electron chi connectivity index (χ3n) is 5.53. The highest BCUT2D eigenvalue weighted by atomic mass is 16.5. The van der Waals surface area contributed by atoms with E-state index in [0.717, 1.165) is 5.56 Å². The Morgan fingerprint density at radius 2 is 1.76 bits per heavy atom. The highest BCUT2D eigenvalue weighted by Gasteiger charge is 2.27. The van der Waals surface area contributed by atoms with Gasteiger partial charge in [-0.25, -0.2) is 9.79 Å². The van der Waals surface area contributed by atoms with Gasteiger partial charge in [-0.2, -0.15) is 0 Å². The average molecular weight is 467 g/mol. The van der Waals surface area contributed by atoms with Crippen LogP contribution in [-0.4, -0.2) is 39.9 Å². The summed E-state index contributed by atoms with van der Waals surface area (Å²) in [7, 11) is 0. The van der Waals surface area contributed by atoms with Crippen molar-refractivity contribution < 1.29 is 34.1 Å². The van der Waals surface area contributed by atoms with Crippen LogP contribution in [0.5, 0.6) is 5.75 Å². The minimum Gasteiger partial charge on any atom is -0.481 e. The molecule has 2 aromatic rings. The molecule has 0 bridgehead atoms. The van der Waals surface area contributed by atoms with Gasteiger partial charge in [-0.3, -0.25) is 14.4 Å². The number of carbonyl (C=O) groups is 4. The number of Topliss-reactive ketones (excluding diaryl/α,β-unsaturated/α-hetero) is 1. The van der Waals surface area contributed by atoms with Gasteiger partial charge in [0.05, 0.1) is 23.6 Å². The summed E-state index contributed by atoms with van der Waals surface area (Å²) >= 11 is 0. The van der Waals surface area contributed by atoms with Crippen LogP contribution >= 0.6 is 0 Å². The summed E-state index contributed by atoms with van der Waals surface area (Å²) in [6.07, 6.45) is 1.21. The SMILES string of the molecule is NC(N)=Nc1ccc2c(c1)CCCCc1c(cccc1C(=O)C[C@@H](CC(=O)O)C(=O)O)OC2=O. The molecule has 10 heteroatoms. The van der Waals surface area contributed by atoms with Crippen LogP contribution in [0, 0.1) is 5.92 Å². The lowest BCUT2D eigenvalue weighted by molar-refractivity contribution is -0.148. The summed E-state index contributed by atoms with van der Waals surface area (Å²) in [4.78, 5) is 52.3. The van der Waals surface area contributed by atoms with Gasteiger partial charge >= 0.3 is 17.9 Å². The van der Waals surface area contributed by atoms with Gasteiger partial charge in [0.1, 0.15) is 5.75 Å². The second-order valence-corrected chi connectivity index (χ2v) is 8.02. The number of guanidine groups is 1. The number of rotatable bonds is 7. The van der Waals surface area contributed by atoms with Crippen molar-refractivity contribution in [3.8, 4) is 5.75 Å². The zero-order chi connectivity index (χ0) is 24.8. The molecular weight excluding hydrogens is 442 g/mol. The number of carboxylic acid groups (broad SMARTS) is 2. The molecule has 2 aromatic carbocycles. The number of aliphatic imine (C=N–C) groups is 1. The summed E-state index contributed by atoms with van der Waals surface area (Å²) in [5, 5.41) is 18.2. The Morgan fingerprint density at radius 3 is 2.44 bits per heavy atom. The van der Waals surface area contributed by atoms with E-state index in [2.05, 4.69) is 4.99 Å². The van der Waals surface area contributed by atoms with E-state index < -0.39 is 42.5 Å². The third-order valence-corrected chi connectivity index (χ3v) is 5.53. The van der Waals surface area contributed by atoms with E-state index in [0.29, 0.717) is 42.5 Å². The average Bonchev–Trinajstić information content (AvgIpc) is 2.75. The highest BCUT2D eigenvalue weighted by Crippen LogP contribution is 2.30. The molecular formula is C24H25N3O7. The quantitative estimate of drug-likeness (QED) is 0.156. The van der Waals surface area contributed by atoms with E-state index in [1.807, 2.05) is 0 Å². The number of carboxylic acids is 2. The van der Waals surface area contributed by atoms with E-state index in [1.165, 1.54) is 6.07 Å². The molecule has 0 amide bonds. The molecule has 0 aromatic heterocycles. The number of aryl methyl sites for hydroxylation is 1. The minimum atomic E-state index is -1.36. The van der Waals surface area contributed by atoms with Gasteiger partial charge in [0.15, 0.2) is 11.7 Å². The van der Waals surface area contributed by atoms with Crippen LogP contribution in [0.25, 0.3) is 0 Å². The van der Waals surface area contributed by atoms with Crippen LogP contribution in [0.4, 0.5) is 5.69 Å². The maximum Gasteiger partial charge on any atom is 0.343 e. The Labute approximate surface area is 195 Å². The summed E-state index contributed by atoms with van der Waals surface area (Å²) in [6.45, 7) is 0. The van der Waals surface area contributed by atoms with Crippen molar-refractivity contribution in [2.24, 2.45) is 22.4 Å². The molecule has 0 saturated heterocycles. The Morgan fingerprint density at radius 1 is 1.03 bits per heavy atom. The molecule has 0 fully saturated rings. The molecule has 1 aliphatic heterocycles. The molecule has 178 valence electrons. The van der Waals surface area contributed by atoms with Crippen molar-refractivity contribution in [1.29, 1.82) is 0 Å². The van der Waals surface area contributed by atoms with Crippen LogP contribution in [0.1, 0.15) is 57.5 Å². The van der Waals surface area contributed by atoms with Crippen LogP contribution in [0.15, 0.2) is 41.4 Å². The standard InChI is InChI=1S/C24H25N3O7/c25-24(26)27-15-8-9-16-13(10-15)4-1-2-5-18-17(6-3-7-20(18)34-23(16)33)19(28)11-14(22(31)32)12-21(29)30/h3,6-10,14H,1-2,4-5,11-12H2,(H,29,30)(H,31,32)(H4,25,26,27)/t14-/m0/s1. The molecule has 0 aliphatic carbocycles. The number of fused-ring (bicyclic) bond motifs is 2. The molecule has 1 aliphatic rings. The monoisotopic (exact) mass is 467 g/mol. The van der Waals surface area contributed by atoms with Gasteiger partial charge in [0.25, 0.3) is 0 Å². The number of hydrogen-bond donors (Lipinski definition) is 4. The van der Waals surface area contributed by atoms with E-state index in [9.17, 15) is 24.3 Å². The summed E-state index contributed by atoms with van der Waals surface area (Å²) in [6, 6.07) is 9.56. The molecule has 0 radical (unpaired) electrons. The fourth-order valence-corrected chi connectivity index (χ4v) is 3.95. The van der Waals surface area contributed by atoms with Crippen LogP contribution in [-0.2, 0) is 22.4 Å². The molecule has 0 unspecified atom stereocenters. The fourth-order valence-electron chi connectivity index (χ4n) is 3.95. The molecule has 1 atom stereocenters. The Hall–Kier alpha value is -4.21. The number of ketones is 1. The van der Waals surface area contributed by atoms with Gasteiger partial charge < -0.3 is 26.4 Å². The molecule has 3 rings (SSSR count). The maximum atomic E-state index is 13.0. The minimum absolute atomic E-state index is 0.0954. The van der Waals surface area contributed by atoms with Crippen molar-refractivity contribution in [3.63, 3.8) is 0 Å². The molecule has 34 heavy (non-hydrogen) atoms. The molecule has 1 heterocycles. The second kappa shape index (κ2) is 10.6. The van der Waals surface area contributed by atoms with E-state index in [-0.39, 0.29) is 17.3 Å². The van der Waals surface area contributed by atoms with Crippen LogP contribution in [0.2, 0.25) is 0 Å². The normalized spacial score (nSPS) is 14.1. The van der Waals surface area contributed by atoms with Crippen molar-refractivity contribution in [3.05, 3.63) is 58.7 Å². The number of aliphatic carboxylic acids is 2. The van der Waals surface area contributed by atoms with Crippen molar-refractivity contribution >= 4 is 35.3 Å². The number of ether oxygens (including phenoxy) is 1. The lowest BCUT2D eigenvalue weighted by Crippen LogP contribution is -2.22. The van der Waals surface area contributed by atoms with Crippen molar-refractivity contribution in [1.82, 2.24) is 0 Å². The van der Waals surface area contributed by atoms with Gasteiger partial charge in [-0.1, -0.05) is 12.1 Å². The summed E-state index contributed by atoms with van der Waals surface area (Å²) in [5.74, 6) is -5.01. The summed E-state index contributed by atoms with van der Waals surface area (Å²) < 4.78 is 5.64. The first kappa shape index (κ1) is 24.4. The van der Waals surface area contributed by atoms with Crippen LogP contribution < -0.4 is 16.2 Å². The first-order valence-corrected chi connectivity index (χ1v) is 10.7. The number of hydrogen-bond acceptors (Lipinski definition) is 6. The first-order valence-electron chi connectivity index (χ1n) is 10.7. The van der Waals surface area contributed by atoms with Gasteiger partial charge in [0.2, 0.25) is 0 Å². The van der Waals surface area contributed by atoms with E-state index in [4.69, 9.17) is 21.3 Å². The highest BCUT2D eigenvalue weighted by molar-refractivity contribution is 6.01. The first-order chi connectivity index (χ1) is 16.2. The molecule has 10 nitrogen and oxygen atoms in total. The number of benzene rings is 2. The number of nitrogens with zero attached hydrogens (tertiary/aromatic N) is 1. The zero-order valence-corrected chi connectivity index (χ0v) is 18.3. The smallest absolute Gasteiger partial charge is 0.343 e. The van der Waals surface area contributed by atoms with Gasteiger partial charge in [-0.05, 0) is 55.5 Å². The predicted molar refractivity (Wildman–Crippen MR) is 122 cm³/mol. The molecule has 0 spiro atoms. The largest absolute Gasteiger partial charge is 0.481 e. The van der Waals surface area contributed by atoms with E-state index in [1.54, 1.807) is 30.3 Å². The zero-order valence-electron chi connectivity index (χ0n) is 18.3. The van der Waals surface area contributed by atoms with E-state index >= 15 is 0 Å². The predicted octanol–water partition coefficient (Wildman–Crippen LogP) is 2.44. The second-order valence-electron chi connectivity index (χ2n) is 8.02. The van der Waals surface area contributed by atoms with Crippen molar-refractivity contribution in [2.45, 2.75) is 38.5 Å². The maximum absolute atomic E-state index is 13.0. The third kappa shape index (κ3) is 5.97. The Balaban J connectivity index is 1.93. The van der Waals surface area contributed by atoms with Crippen LogP contribution in [0.3, 0.4) is 0 Å². The lowest BCUT2D eigenvalue weighted by Gasteiger charge is -2.18. The number of carbonyl (C=O) groups excluding carboxylic acids is 2. The van der Waals surface area contributed by atoms with Gasteiger partial charge in [-0.15, -0.1) is 0 Å². The topological polar surface area (TPSA) is 182 Å². The molecule has 6 N–H and O–H groups in total. The molecule has 0 saturated carbocycles. The number of esters is 1. The fraction of sp³-hybridized carbons (Fsp3) is 0.292. The van der Waals surface area contributed by atoms with Gasteiger partial charge in [0, 0.05) is 17.5 Å². The lowest BCUT2D eigenvalue weighted by atomic mass is 9.90.